The van der Waals surface area contributed by atoms with Crippen molar-refractivity contribution < 1.29 is 18.0 Å². The van der Waals surface area contributed by atoms with Crippen molar-refractivity contribution in [1.29, 1.82) is 0 Å². The molecule has 1 heterocycles. The summed E-state index contributed by atoms with van der Waals surface area (Å²) < 4.78 is 29.0. The molecule has 0 aliphatic carbocycles. The Balaban J connectivity index is 1.59. The van der Waals surface area contributed by atoms with Crippen molar-refractivity contribution in [3.63, 3.8) is 0 Å². The highest BCUT2D eigenvalue weighted by molar-refractivity contribution is 7.89. The highest BCUT2D eigenvalue weighted by atomic mass is 35.5. The molecule has 2 N–H and O–H groups in total. The number of nitrogens with one attached hydrogen (secondary N) is 2. The Hall–Kier alpha value is -3.20. The molecule has 3 aromatic rings. The molecule has 3 aromatic carbocycles. The second-order valence-corrected chi connectivity index (χ2v) is 12.6. The first-order chi connectivity index (χ1) is 18.0. The Labute approximate surface area is 229 Å². The minimum Gasteiger partial charge on any atom is -0.355 e. The van der Waals surface area contributed by atoms with Gasteiger partial charge in [0.15, 0.2) is 0 Å². The zero-order valence-electron chi connectivity index (χ0n) is 21.5. The Morgan fingerprint density at radius 3 is 2.32 bits per heavy atom. The predicted molar refractivity (Wildman–Crippen MR) is 148 cm³/mol. The number of carbonyl (C=O) groups excluding carboxylic acids is 2. The van der Waals surface area contributed by atoms with Crippen LogP contribution in [0.2, 0.25) is 5.02 Å². The van der Waals surface area contributed by atoms with Crippen LogP contribution in [0, 0.1) is 5.41 Å². The number of sulfonamides is 1. The van der Waals surface area contributed by atoms with Crippen molar-refractivity contribution in [2.24, 2.45) is 5.41 Å². The summed E-state index contributed by atoms with van der Waals surface area (Å²) in [6, 6.07) is 21.4. The molecule has 7 nitrogen and oxygen atoms in total. The Morgan fingerprint density at radius 2 is 1.66 bits per heavy atom. The molecule has 0 aromatic heterocycles. The molecule has 1 aliphatic heterocycles. The first-order valence-electron chi connectivity index (χ1n) is 12.5. The number of amides is 2. The van der Waals surface area contributed by atoms with E-state index in [1.54, 1.807) is 24.3 Å². The zero-order chi connectivity index (χ0) is 27.3. The van der Waals surface area contributed by atoms with Gasteiger partial charge in [0.25, 0.3) is 5.91 Å². The summed E-state index contributed by atoms with van der Waals surface area (Å²) in [5.74, 6) is -0.541. The van der Waals surface area contributed by atoms with Crippen molar-refractivity contribution >= 4 is 33.4 Å². The average molecular weight is 554 g/mol. The molecule has 1 unspecified atom stereocenters. The lowest BCUT2D eigenvalue weighted by Crippen LogP contribution is -2.49. The van der Waals surface area contributed by atoms with E-state index in [0.29, 0.717) is 35.7 Å². The molecule has 38 heavy (non-hydrogen) atoms. The normalized spacial score (nSPS) is 17.5. The molecule has 1 saturated heterocycles. The fourth-order valence-electron chi connectivity index (χ4n) is 4.52. The standard InChI is InChI=1S/C29H32ClN3O4S/c1-29(2)16-17-31-28(35)26(18-29)33(38(36,37)25-14-12-24(30)13-15-25)20-22-8-10-23(11-9-22)27(34)32-19-21-6-4-3-5-7-21/h3-15,26H,16-20H2,1-2H3,(H,31,35)(H,32,34). The molecule has 1 atom stereocenters. The fraction of sp³-hybridized carbons (Fsp3) is 0.310. The van der Waals surface area contributed by atoms with E-state index in [4.69, 9.17) is 11.6 Å². The van der Waals surface area contributed by atoms with Crippen molar-refractivity contribution in [2.75, 3.05) is 6.54 Å². The van der Waals surface area contributed by atoms with Crippen LogP contribution in [0.3, 0.4) is 0 Å². The van der Waals surface area contributed by atoms with Crippen LogP contribution in [-0.2, 0) is 27.9 Å². The van der Waals surface area contributed by atoms with Gasteiger partial charge in [-0.3, -0.25) is 9.59 Å². The van der Waals surface area contributed by atoms with Gasteiger partial charge in [-0.25, -0.2) is 8.42 Å². The molecule has 1 fully saturated rings. The topological polar surface area (TPSA) is 95.6 Å². The van der Waals surface area contributed by atoms with Gasteiger partial charge in [-0.2, -0.15) is 4.31 Å². The summed E-state index contributed by atoms with van der Waals surface area (Å²) in [6.45, 7) is 4.95. The molecular weight excluding hydrogens is 522 g/mol. The lowest BCUT2D eigenvalue weighted by atomic mass is 9.83. The maximum absolute atomic E-state index is 13.8. The molecule has 0 bridgehead atoms. The van der Waals surface area contributed by atoms with Gasteiger partial charge in [0.1, 0.15) is 6.04 Å². The van der Waals surface area contributed by atoms with Crippen molar-refractivity contribution in [1.82, 2.24) is 14.9 Å². The number of hydrogen-bond acceptors (Lipinski definition) is 4. The highest BCUT2D eigenvalue weighted by Gasteiger charge is 2.40. The van der Waals surface area contributed by atoms with Crippen LogP contribution in [0.4, 0.5) is 0 Å². The van der Waals surface area contributed by atoms with E-state index < -0.39 is 16.1 Å². The van der Waals surface area contributed by atoms with Crippen molar-refractivity contribution in [2.45, 2.75) is 50.7 Å². The van der Waals surface area contributed by atoms with Gasteiger partial charge in [0, 0.05) is 30.2 Å². The van der Waals surface area contributed by atoms with E-state index in [0.717, 1.165) is 12.0 Å². The number of hydrogen-bond donors (Lipinski definition) is 2. The van der Waals surface area contributed by atoms with Gasteiger partial charge < -0.3 is 10.6 Å². The summed E-state index contributed by atoms with van der Waals surface area (Å²) in [6.07, 6.45) is 1.13. The maximum Gasteiger partial charge on any atom is 0.251 e. The van der Waals surface area contributed by atoms with Gasteiger partial charge >= 0.3 is 0 Å². The summed E-state index contributed by atoms with van der Waals surface area (Å²) >= 11 is 5.99. The summed E-state index contributed by atoms with van der Waals surface area (Å²) in [7, 11) is -4.05. The van der Waals surface area contributed by atoms with Gasteiger partial charge in [-0.1, -0.05) is 67.9 Å². The Kier molecular flexibility index (Phi) is 8.55. The SMILES string of the molecule is CC1(C)CCNC(=O)C(N(Cc2ccc(C(=O)NCc3ccccc3)cc2)S(=O)(=O)c2ccc(Cl)cc2)C1. The predicted octanol–water partition coefficient (Wildman–Crippen LogP) is 4.77. The van der Waals surface area contributed by atoms with Gasteiger partial charge in [0.05, 0.1) is 4.90 Å². The smallest absolute Gasteiger partial charge is 0.251 e. The Morgan fingerprint density at radius 1 is 1.00 bits per heavy atom. The third-order valence-corrected chi connectivity index (χ3v) is 8.89. The van der Waals surface area contributed by atoms with Crippen LogP contribution < -0.4 is 10.6 Å². The molecule has 0 radical (unpaired) electrons. The van der Waals surface area contributed by atoms with Crippen LogP contribution >= 0.6 is 11.6 Å². The van der Waals surface area contributed by atoms with E-state index in [-0.39, 0.29) is 28.7 Å². The quantitative estimate of drug-likeness (QED) is 0.420. The number of rotatable bonds is 8. The molecule has 0 saturated carbocycles. The summed E-state index contributed by atoms with van der Waals surface area (Å²) in [5.41, 5.74) is 1.88. The number of nitrogens with zero attached hydrogens (tertiary/aromatic N) is 1. The van der Waals surface area contributed by atoms with Crippen LogP contribution in [-0.4, -0.2) is 37.1 Å². The second kappa shape index (κ2) is 11.7. The van der Waals surface area contributed by atoms with E-state index in [1.165, 1.54) is 28.6 Å². The average Bonchev–Trinajstić information content (AvgIpc) is 3.03. The maximum atomic E-state index is 13.8. The molecule has 200 valence electrons. The van der Waals surface area contributed by atoms with E-state index in [9.17, 15) is 18.0 Å². The second-order valence-electron chi connectivity index (χ2n) is 10.3. The van der Waals surface area contributed by atoms with Crippen LogP contribution in [0.25, 0.3) is 0 Å². The molecular formula is C29H32ClN3O4S. The van der Waals surface area contributed by atoms with E-state index >= 15 is 0 Å². The number of benzene rings is 3. The third kappa shape index (κ3) is 6.81. The molecule has 9 heteroatoms. The zero-order valence-corrected chi connectivity index (χ0v) is 23.1. The minimum absolute atomic E-state index is 0.0228. The molecule has 1 aliphatic rings. The summed E-state index contributed by atoms with van der Waals surface area (Å²) in [5, 5.41) is 6.19. The van der Waals surface area contributed by atoms with E-state index in [2.05, 4.69) is 10.6 Å². The van der Waals surface area contributed by atoms with Gasteiger partial charge in [-0.05, 0) is 65.8 Å². The van der Waals surface area contributed by atoms with Gasteiger partial charge in [0.2, 0.25) is 15.9 Å². The first-order valence-corrected chi connectivity index (χ1v) is 14.3. The van der Waals surface area contributed by atoms with Crippen molar-refractivity contribution in [3.8, 4) is 0 Å². The lowest BCUT2D eigenvalue weighted by molar-refractivity contribution is -0.125. The Bertz CT molecular complexity index is 1380. The third-order valence-electron chi connectivity index (χ3n) is 6.77. The van der Waals surface area contributed by atoms with E-state index in [1.807, 2.05) is 44.2 Å². The first kappa shape index (κ1) is 27.8. The molecule has 2 amide bonds. The minimum atomic E-state index is -4.05. The molecule has 4 rings (SSSR count). The number of halogens is 1. The highest BCUT2D eigenvalue weighted by Crippen LogP contribution is 2.33. The number of carbonyl (C=O) groups is 2. The summed E-state index contributed by atoms with van der Waals surface area (Å²) in [4.78, 5) is 25.8. The molecule has 0 spiro atoms. The largest absolute Gasteiger partial charge is 0.355 e. The van der Waals surface area contributed by atoms with Crippen LogP contribution in [0.5, 0.6) is 0 Å². The lowest BCUT2D eigenvalue weighted by Gasteiger charge is -2.33. The fourth-order valence-corrected chi connectivity index (χ4v) is 6.22. The van der Waals surface area contributed by atoms with Crippen LogP contribution in [0.15, 0.2) is 83.8 Å². The van der Waals surface area contributed by atoms with Gasteiger partial charge in [-0.15, -0.1) is 0 Å². The van der Waals surface area contributed by atoms with Crippen molar-refractivity contribution in [3.05, 3.63) is 101 Å². The van der Waals surface area contributed by atoms with Crippen LogP contribution in [0.1, 0.15) is 48.2 Å². The monoisotopic (exact) mass is 553 g/mol.